The highest BCUT2D eigenvalue weighted by Gasteiger charge is 2.30. The van der Waals surface area contributed by atoms with Gasteiger partial charge in [0.1, 0.15) is 0 Å². The van der Waals surface area contributed by atoms with Gasteiger partial charge in [0.2, 0.25) is 5.91 Å². The Kier molecular flexibility index (Phi) is 7.45. The molecule has 0 spiro atoms. The molecule has 0 aliphatic carbocycles. The molecule has 0 fully saturated rings. The van der Waals surface area contributed by atoms with Crippen LogP contribution < -0.4 is 14.9 Å². The van der Waals surface area contributed by atoms with Crippen LogP contribution in [0.5, 0.6) is 11.5 Å². The fraction of sp³-hybridized carbons (Fsp3) is 0.263. The Hall–Kier alpha value is -2.55. The zero-order valence-electron chi connectivity index (χ0n) is 15.1. The lowest BCUT2D eigenvalue weighted by Crippen LogP contribution is -2.20. The number of methoxy groups -OCH3 is 1. The zero-order valence-corrected chi connectivity index (χ0v) is 16.7. The van der Waals surface area contributed by atoms with Gasteiger partial charge in [-0.1, -0.05) is 18.2 Å². The molecule has 0 heterocycles. The molecule has 0 aliphatic rings. The summed E-state index contributed by atoms with van der Waals surface area (Å²) in [5.74, 6) is 0.510. The maximum atomic E-state index is 12.7. The van der Waals surface area contributed by atoms with Gasteiger partial charge >= 0.3 is 6.18 Å². The molecular formula is C19H18BrF3N2O3. The Morgan fingerprint density at radius 3 is 2.68 bits per heavy atom. The van der Waals surface area contributed by atoms with Gasteiger partial charge in [-0.3, -0.25) is 4.79 Å². The van der Waals surface area contributed by atoms with Crippen LogP contribution in [0.1, 0.15) is 23.6 Å². The minimum atomic E-state index is -4.45. The Morgan fingerprint density at radius 2 is 2.04 bits per heavy atom. The molecule has 0 aromatic heterocycles. The number of halogens is 4. The molecular weight excluding hydrogens is 441 g/mol. The average molecular weight is 459 g/mol. The van der Waals surface area contributed by atoms with Crippen molar-refractivity contribution in [2.24, 2.45) is 5.10 Å². The lowest BCUT2D eigenvalue weighted by molar-refractivity contribution is -0.137. The molecule has 0 saturated carbocycles. The summed E-state index contributed by atoms with van der Waals surface area (Å²) in [6.45, 7) is 2.31. The van der Waals surface area contributed by atoms with Gasteiger partial charge in [-0.25, -0.2) is 5.43 Å². The fourth-order valence-corrected chi connectivity index (χ4v) is 2.93. The minimum Gasteiger partial charge on any atom is -0.493 e. The third-order valence-electron chi connectivity index (χ3n) is 3.56. The first-order chi connectivity index (χ1) is 13.2. The van der Waals surface area contributed by atoms with Gasteiger partial charge in [-0.05, 0) is 52.2 Å². The van der Waals surface area contributed by atoms with Gasteiger partial charge in [0.15, 0.2) is 11.5 Å². The molecule has 1 N–H and O–H groups in total. The number of hydrogen-bond acceptors (Lipinski definition) is 4. The number of ether oxygens (including phenoxy) is 2. The fourth-order valence-electron chi connectivity index (χ4n) is 2.36. The van der Waals surface area contributed by atoms with E-state index in [1.807, 2.05) is 6.92 Å². The molecule has 150 valence electrons. The van der Waals surface area contributed by atoms with Crippen molar-refractivity contribution in [2.75, 3.05) is 13.7 Å². The van der Waals surface area contributed by atoms with Crippen LogP contribution in [0, 0.1) is 0 Å². The van der Waals surface area contributed by atoms with E-state index in [1.54, 1.807) is 12.1 Å². The standard InChI is InChI=1S/C19H18BrF3N2O3/c1-3-28-18-15(20)8-13(9-16(18)27-2)11-24-25-17(26)10-12-5-4-6-14(7-12)19(21,22)23/h4-9,11H,3,10H2,1-2H3,(H,25,26)/b24-11-. The summed E-state index contributed by atoms with van der Waals surface area (Å²) in [7, 11) is 1.50. The van der Waals surface area contributed by atoms with E-state index in [1.165, 1.54) is 25.5 Å². The van der Waals surface area contributed by atoms with Crippen molar-refractivity contribution in [1.82, 2.24) is 5.43 Å². The summed E-state index contributed by atoms with van der Waals surface area (Å²) in [6.07, 6.45) is -3.28. The van der Waals surface area contributed by atoms with Crippen LogP contribution in [0.15, 0.2) is 46.0 Å². The third kappa shape index (κ3) is 5.98. The van der Waals surface area contributed by atoms with Gasteiger partial charge in [0, 0.05) is 0 Å². The van der Waals surface area contributed by atoms with E-state index >= 15 is 0 Å². The highest BCUT2D eigenvalue weighted by Crippen LogP contribution is 2.36. The summed E-state index contributed by atoms with van der Waals surface area (Å²) in [5.41, 5.74) is 2.37. The largest absolute Gasteiger partial charge is 0.493 e. The Bertz CT molecular complexity index is 870. The van der Waals surface area contributed by atoms with Crippen LogP contribution in [0.25, 0.3) is 0 Å². The summed E-state index contributed by atoms with van der Waals surface area (Å²) in [6, 6.07) is 8.02. The number of hydrogen-bond donors (Lipinski definition) is 1. The Labute approximate surface area is 168 Å². The maximum absolute atomic E-state index is 12.7. The number of benzene rings is 2. The SMILES string of the molecule is CCOc1c(Br)cc(/C=N\NC(=O)Cc2cccc(C(F)(F)F)c2)cc1OC. The van der Waals surface area contributed by atoms with E-state index in [9.17, 15) is 18.0 Å². The number of hydrazone groups is 1. The third-order valence-corrected chi connectivity index (χ3v) is 4.15. The summed E-state index contributed by atoms with van der Waals surface area (Å²) < 4.78 is 49.6. The van der Waals surface area contributed by atoms with E-state index < -0.39 is 17.6 Å². The number of carbonyl (C=O) groups excluding carboxylic acids is 1. The first-order valence-electron chi connectivity index (χ1n) is 8.23. The van der Waals surface area contributed by atoms with E-state index in [-0.39, 0.29) is 12.0 Å². The van der Waals surface area contributed by atoms with Gasteiger partial charge in [-0.15, -0.1) is 0 Å². The number of rotatable bonds is 7. The number of nitrogens with one attached hydrogen (secondary N) is 1. The van der Waals surface area contributed by atoms with Gasteiger partial charge < -0.3 is 9.47 Å². The zero-order chi connectivity index (χ0) is 20.7. The molecule has 2 rings (SSSR count). The first-order valence-corrected chi connectivity index (χ1v) is 9.02. The first kappa shape index (κ1) is 21.7. The van der Waals surface area contributed by atoms with Crippen molar-refractivity contribution in [1.29, 1.82) is 0 Å². The molecule has 2 aromatic rings. The molecule has 0 aliphatic heterocycles. The molecule has 9 heteroatoms. The Morgan fingerprint density at radius 1 is 1.29 bits per heavy atom. The monoisotopic (exact) mass is 458 g/mol. The molecule has 0 radical (unpaired) electrons. The normalized spacial score (nSPS) is 11.5. The molecule has 5 nitrogen and oxygen atoms in total. The van der Waals surface area contributed by atoms with Crippen molar-refractivity contribution in [2.45, 2.75) is 19.5 Å². The lowest BCUT2D eigenvalue weighted by Gasteiger charge is -2.12. The topological polar surface area (TPSA) is 59.9 Å². The van der Waals surface area contributed by atoms with Crippen molar-refractivity contribution < 1.29 is 27.4 Å². The smallest absolute Gasteiger partial charge is 0.416 e. The minimum absolute atomic E-state index is 0.225. The summed E-state index contributed by atoms with van der Waals surface area (Å²) in [5, 5.41) is 3.84. The molecule has 28 heavy (non-hydrogen) atoms. The van der Waals surface area contributed by atoms with E-state index in [0.717, 1.165) is 12.1 Å². The van der Waals surface area contributed by atoms with Crippen LogP contribution in [0.4, 0.5) is 13.2 Å². The maximum Gasteiger partial charge on any atom is 0.416 e. The number of nitrogens with zero attached hydrogens (tertiary/aromatic N) is 1. The molecule has 0 saturated heterocycles. The van der Waals surface area contributed by atoms with E-state index in [2.05, 4.69) is 26.5 Å². The predicted molar refractivity (Wildman–Crippen MR) is 103 cm³/mol. The average Bonchev–Trinajstić information content (AvgIpc) is 2.63. The number of alkyl halides is 3. The van der Waals surface area contributed by atoms with E-state index in [0.29, 0.717) is 28.1 Å². The predicted octanol–water partition coefficient (Wildman–Crippen LogP) is 4.57. The lowest BCUT2D eigenvalue weighted by atomic mass is 10.1. The van der Waals surface area contributed by atoms with Crippen LogP contribution >= 0.6 is 15.9 Å². The molecule has 0 bridgehead atoms. The number of amides is 1. The van der Waals surface area contributed by atoms with Crippen LogP contribution in [0.2, 0.25) is 0 Å². The summed E-state index contributed by atoms with van der Waals surface area (Å²) >= 11 is 3.38. The molecule has 0 unspecified atom stereocenters. The van der Waals surface area contributed by atoms with Crippen molar-refractivity contribution in [3.05, 3.63) is 57.6 Å². The van der Waals surface area contributed by atoms with Crippen LogP contribution in [0.3, 0.4) is 0 Å². The second-order valence-electron chi connectivity index (χ2n) is 5.64. The highest BCUT2D eigenvalue weighted by atomic mass is 79.9. The van der Waals surface area contributed by atoms with Gasteiger partial charge in [0.25, 0.3) is 0 Å². The molecule has 1 amide bonds. The van der Waals surface area contributed by atoms with Gasteiger partial charge in [0.05, 0.1) is 36.4 Å². The van der Waals surface area contributed by atoms with Crippen molar-refractivity contribution in [3.63, 3.8) is 0 Å². The second kappa shape index (κ2) is 9.59. The van der Waals surface area contributed by atoms with Crippen LogP contribution in [-0.4, -0.2) is 25.8 Å². The Balaban J connectivity index is 2.03. The highest BCUT2D eigenvalue weighted by molar-refractivity contribution is 9.10. The molecule has 0 atom stereocenters. The second-order valence-corrected chi connectivity index (χ2v) is 6.49. The van der Waals surface area contributed by atoms with E-state index in [4.69, 9.17) is 9.47 Å². The quantitative estimate of drug-likeness (QED) is 0.488. The van der Waals surface area contributed by atoms with Gasteiger partial charge in [-0.2, -0.15) is 18.3 Å². The van der Waals surface area contributed by atoms with Crippen molar-refractivity contribution in [3.8, 4) is 11.5 Å². The number of carbonyl (C=O) groups is 1. The molecule has 2 aromatic carbocycles. The summed E-state index contributed by atoms with van der Waals surface area (Å²) in [4.78, 5) is 11.9. The van der Waals surface area contributed by atoms with Crippen LogP contribution in [-0.2, 0) is 17.4 Å². The van der Waals surface area contributed by atoms with Crippen molar-refractivity contribution >= 4 is 28.1 Å².